The first-order valence-corrected chi connectivity index (χ1v) is 6.17. The number of hydrogen-bond donors (Lipinski definition) is 2. The van der Waals surface area contributed by atoms with Gasteiger partial charge in [-0.05, 0) is 24.3 Å². The quantitative estimate of drug-likeness (QED) is 0.850. The minimum atomic E-state index is -1.14. The van der Waals surface area contributed by atoms with Gasteiger partial charge in [0.2, 0.25) is 0 Å². The average molecular weight is 292 g/mol. The fraction of sp³-hybridized carbons (Fsp3) is 0.133. The minimum absolute atomic E-state index is 0.00862. The largest absolute Gasteiger partial charge is 0.478 e. The van der Waals surface area contributed by atoms with Gasteiger partial charge in [0.15, 0.2) is 11.6 Å². The summed E-state index contributed by atoms with van der Waals surface area (Å²) in [5, 5.41) is 9.19. The second-order valence-corrected chi connectivity index (χ2v) is 4.65. The van der Waals surface area contributed by atoms with Crippen molar-refractivity contribution < 1.29 is 18.7 Å². The van der Waals surface area contributed by atoms with Crippen molar-refractivity contribution in [3.05, 3.63) is 59.2 Å². The second kappa shape index (κ2) is 5.78. The van der Waals surface area contributed by atoms with Crippen LogP contribution < -0.4 is 10.6 Å². The Morgan fingerprint density at radius 1 is 1.29 bits per heavy atom. The van der Waals surface area contributed by atoms with Crippen molar-refractivity contribution in [2.45, 2.75) is 6.54 Å². The summed E-state index contributed by atoms with van der Waals surface area (Å²) in [4.78, 5) is 12.8. The van der Waals surface area contributed by atoms with E-state index in [4.69, 9.17) is 5.73 Å². The van der Waals surface area contributed by atoms with Crippen LogP contribution in [0.25, 0.3) is 0 Å². The maximum Gasteiger partial charge on any atom is 0.337 e. The summed E-state index contributed by atoms with van der Waals surface area (Å²) in [6.45, 7) is 0.0355. The molecule has 0 radical (unpaired) electrons. The molecule has 2 aromatic rings. The summed E-state index contributed by atoms with van der Waals surface area (Å²) in [6, 6.07) is 8.31. The van der Waals surface area contributed by atoms with Crippen molar-refractivity contribution in [1.29, 1.82) is 0 Å². The average Bonchev–Trinajstić information content (AvgIpc) is 2.43. The zero-order chi connectivity index (χ0) is 15.6. The van der Waals surface area contributed by atoms with Crippen molar-refractivity contribution in [2.24, 2.45) is 0 Å². The molecule has 110 valence electrons. The standard InChI is InChI=1S/C15H14F2N2O2/c1-19(8-9-3-2-4-12(16)14(9)17)13-6-5-10(18)7-11(13)15(20)21/h2-7H,8,18H2,1H3,(H,20,21). The summed E-state index contributed by atoms with van der Waals surface area (Å²) < 4.78 is 26.9. The summed E-state index contributed by atoms with van der Waals surface area (Å²) in [7, 11) is 1.60. The number of rotatable bonds is 4. The van der Waals surface area contributed by atoms with Crippen LogP contribution >= 0.6 is 0 Å². The fourth-order valence-corrected chi connectivity index (χ4v) is 2.07. The van der Waals surface area contributed by atoms with Gasteiger partial charge in [0.25, 0.3) is 0 Å². The van der Waals surface area contributed by atoms with Gasteiger partial charge in [-0.3, -0.25) is 0 Å². The highest BCUT2D eigenvalue weighted by Crippen LogP contribution is 2.24. The zero-order valence-corrected chi connectivity index (χ0v) is 11.3. The Morgan fingerprint density at radius 3 is 2.67 bits per heavy atom. The van der Waals surface area contributed by atoms with E-state index in [-0.39, 0.29) is 17.7 Å². The molecule has 0 saturated heterocycles. The third-order valence-electron chi connectivity index (χ3n) is 3.10. The number of benzene rings is 2. The molecule has 0 spiro atoms. The molecule has 21 heavy (non-hydrogen) atoms. The Hall–Kier alpha value is -2.63. The molecule has 0 saturated carbocycles. The van der Waals surface area contributed by atoms with Gasteiger partial charge < -0.3 is 15.7 Å². The molecule has 0 unspecified atom stereocenters. The third kappa shape index (κ3) is 3.10. The first kappa shape index (κ1) is 14.8. The lowest BCUT2D eigenvalue weighted by Gasteiger charge is -2.22. The molecule has 0 atom stereocenters. The first-order valence-electron chi connectivity index (χ1n) is 6.17. The smallest absolute Gasteiger partial charge is 0.337 e. The van der Waals surface area contributed by atoms with E-state index < -0.39 is 17.6 Å². The SMILES string of the molecule is CN(Cc1cccc(F)c1F)c1ccc(N)cc1C(=O)O. The van der Waals surface area contributed by atoms with Crippen molar-refractivity contribution in [3.8, 4) is 0 Å². The number of hydrogen-bond acceptors (Lipinski definition) is 3. The highest BCUT2D eigenvalue weighted by molar-refractivity contribution is 5.95. The van der Waals surface area contributed by atoms with Crippen LogP contribution in [-0.4, -0.2) is 18.1 Å². The van der Waals surface area contributed by atoms with E-state index in [0.717, 1.165) is 6.07 Å². The summed E-state index contributed by atoms with van der Waals surface area (Å²) in [5.74, 6) is -3.00. The van der Waals surface area contributed by atoms with E-state index in [2.05, 4.69) is 0 Å². The van der Waals surface area contributed by atoms with Gasteiger partial charge in [-0.2, -0.15) is 0 Å². The van der Waals surface area contributed by atoms with Gasteiger partial charge in [-0.1, -0.05) is 12.1 Å². The Bertz CT molecular complexity index is 689. The highest BCUT2D eigenvalue weighted by atomic mass is 19.2. The molecule has 0 bridgehead atoms. The highest BCUT2D eigenvalue weighted by Gasteiger charge is 2.16. The Balaban J connectivity index is 2.34. The number of aromatic carboxylic acids is 1. The molecule has 0 aliphatic heterocycles. The lowest BCUT2D eigenvalue weighted by molar-refractivity contribution is 0.0697. The Kier molecular flexibility index (Phi) is 4.07. The lowest BCUT2D eigenvalue weighted by Crippen LogP contribution is -2.20. The molecule has 0 aliphatic carbocycles. The lowest BCUT2D eigenvalue weighted by atomic mass is 10.1. The number of nitrogens with two attached hydrogens (primary N) is 1. The second-order valence-electron chi connectivity index (χ2n) is 4.65. The van der Waals surface area contributed by atoms with E-state index in [0.29, 0.717) is 11.4 Å². The number of nitrogen functional groups attached to an aromatic ring is 1. The monoisotopic (exact) mass is 292 g/mol. The number of halogens is 2. The van der Waals surface area contributed by atoms with Crippen molar-refractivity contribution in [2.75, 3.05) is 17.7 Å². The van der Waals surface area contributed by atoms with Crippen LogP contribution in [0.3, 0.4) is 0 Å². The molecular weight excluding hydrogens is 278 g/mol. The van der Waals surface area contributed by atoms with Gasteiger partial charge in [0.1, 0.15) is 0 Å². The minimum Gasteiger partial charge on any atom is -0.478 e. The van der Waals surface area contributed by atoms with Crippen molar-refractivity contribution in [1.82, 2.24) is 0 Å². The molecule has 4 nitrogen and oxygen atoms in total. The van der Waals surface area contributed by atoms with Crippen molar-refractivity contribution in [3.63, 3.8) is 0 Å². The van der Waals surface area contributed by atoms with E-state index in [1.165, 1.54) is 29.2 Å². The molecule has 0 aromatic heterocycles. The summed E-state index contributed by atoms with van der Waals surface area (Å²) >= 11 is 0. The number of anilines is 2. The van der Waals surface area contributed by atoms with Gasteiger partial charge >= 0.3 is 5.97 Å². The Morgan fingerprint density at radius 2 is 2.00 bits per heavy atom. The molecule has 0 amide bonds. The van der Waals surface area contributed by atoms with Crippen molar-refractivity contribution >= 4 is 17.3 Å². The summed E-state index contributed by atoms with van der Waals surface area (Å²) in [5.41, 5.74) is 6.42. The predicted molar refractivity (Wildman–Crippen MR) is 76.3 cm³/mol. The maximum atomic E-state index is 13.7. The normalized spacial score (nSPS) is 10.4. The van der Waals surface area contributed by atoms with Crippen LogP contribution in [0.4, 0.5) is 20.2 Å². The summed E-state index contributed by atoms with van der Waals surface area (Å²) in [6.07, 6.45) is 0. The van der Waals surface area contributed by atoms with Gasteiger partial charge in [0.05, 0.1) is 11.3 Å². The zero-order valence-electron chi connectivity index (χ0n) is 11.3. The third-order valence-corrected chi connectivity index (χ3v) is 3.10. The topological polar surface area (TPSA) is 66.6 Å². The predicted octanol–water partition coefficient (Wildman–Crippen LogP) is 2.88. The van der Waals surface area contributed by atoms with E-state index in [1.54, 1.807) is 13.1 Å². The number of carbonyl (C=O) groups is 1. The van der Waals surface area contributed by atoms with Gasteiger partial charge in [0, 0.05) is 24.8 Å². The molecule has 0 heterocycles. The van der Waals surface area contributed by atoms with Gasteiger partial charge in [-0.25, -0.2) is 13.6 Å². The van der Waals surface area contributed by atoms with E-state index in [9.17, 15) is 18.7 Å². The van der Waals surface area contributed by atoms with Crippen LogP contribution in [0.15, 0.2) is 36.4 Å². The van der Waals surface area contributed by atoms with Crippen LogP contribution in [0.5, 0.6) is 0 Å². The van der Waals surface area contributed by atoms with Crippen LogP contribution in [0.2, 0.25) is 0 Å². The van der Waals surface area contributed by atoms with Gasteiger partial charge in [-0.15, -0.1) is 0 Å². The first-order chi connectivity index (χ1) is 9.90. The van der Waals surface area contributed by atoms with E-state index >= 15 is 0 Å². The molecule has 0 fully saturated rings. The molecule has 6 heteroatoms. The number of nitrogens with zero attached hydrogens (tertiary/aromatic N) is 1. The molecular formula is C15H14F2N2O2. The molecule has 2 rings (SSSR count). The number of carboxylic acid groups (broad SMARTS) is 1. The number of carboxylic acids is 1. The van der Waals surface area contributed by atoms with Crippen LogP contribution in [-0.2, 0) is 6.54 Å². The molecule has 3 N–H and O–H groups in total. The van der Waals surface area contributed by atoms with E-state index in [1.807, 2.05) is 0 Å². The van der Waals surface area contributed by atoms with Crippen LogP contribution in [0, 0.1) is 11.6 Å². The van der Waals surface area contributed by atoms with Crippen LogP contribution in [0.1, 0.15) is 15.9 Å². The molecule has 2 aromatic carbocycles. The molecule has 0 aliphatic rings. The fourth-order valence-electron chi connectivity index (χ4n) is 2.07. The maximum absolute atomic E-state index is 13.7. The Labute approximate surface area is 120 Å².